The third kappa shape index (κ3) is 3.14. The summed E-state index contributed by atoms with van der Waals surface area (Å²) in [4.78, 5) is 13.7. The first-order valence-electron chi connectivity index (χ1n) is 5.53. The molecule has 6 nitrogen and oxygen atoms in total. The standard InChI is InChI=1S/C11H15N5OS/c1-7-9(18-6-13-7)3-4-17-11-5-10(16-12)14-8(2)15-11/h5-6H,3-4,12H2,1-2H3,(H,14,15,16). The van der Waals surface area contributed by atoms with E-state index in [2.05, 4.69) is 20.4 Å². The first-order valence-corrected chi connectivity index (χ1v) is 6.41. The van der Waals surface area contributed by atoms with Crippen LogP contribution in [0.2, 0.25) is 0 Å². The zero-order chi connectivity index (χ0) is 13.0. The number of hydrazine groups is 1. The lowest BCUT2D eigenvalue weighted by Crippen LogP contribution is -2.11. The predicted molar refractivity (Wildman–Crippen MR) is 70.6 cm³/mol. The molecular weight excluding hydrogens is 250 g/mol. The molecule has 0 unspecified atom stereocenters. The van der Waals surface area contributed by atoms with Crippen LogP contribution in [0, 0.1) is 13.8 Å². The number of anilines is 1. The van der Waals surface area contributed by atoms with Gasteiger partial charge in [0.05, 0.1) is 17.8 Å². The van der Waals surface area contributed by atoms with Crippen molar-refractivity contribution in [1.82, 2.24) is 15.0 Å². The lowest BCUT2D eigenvalue weighted by molar-refractivity contribution is 0.309. The number of rotatable bonds is 5. The summed E-state index contributed by atoms with van der Waals surface area (Å²) in [7, 11) is 0. The zero-order valence-corrected chi connectivity index (χ0v) is 11.1. The summed E-state index contributed by atoms with van der Waals surface area (Å²) < 4.78 is 5.59. The second-order valence-corrected chi connectivity index (χ2v) is 4.68. The molecule has 2 rings (SSSR count). The van der Waals surface area contributed by atoms with Crippen molar-refractivity contribution in [1.29, 1.82) is 0 Å². The van der Waals surface area contributed by atoms with Crippen LogP contribution in [-0.2, 0) is 6.42 Å². The molecule has 0 aliphatic carbocycles. The molecule has 0 spiro atoms. The molecule has 0 saturated heterocycles. The molecule has 0 radical (unpaired) electrons. The van der Waals surface area contributed by atoms with Crippen molar-refractivity contribution < 1.29 is 4.74 Å². The smallest absolute Gasteiger partial charge is 0.218 e. The number of ether oxygens (including phenoxy) is 1. The highest BCUT2D eigenvalue weighted by Crippen LogP contribution is 2.15. The van der Waals surface area contributed by atoms with Gasteiger partial charge in [-0.1, -0.05) is 0 Å². The number of hydrogen-bond acceptors (Lipinski definition) is 7. The van der Waals surface area contributed by atoms with Gasteiger partial charge in [-0.25, -0.2) is 15.8 Å². The zero-order valence-electron chi connectivity index (χ0n) is 10.3. The maximum Gasteiger partial charge on any atom is 0.218 e. The van der Waals surface area contributed by atoms with Crippen LogP contribution in [0.4, 0.5) is 5.82 Å². The van der Waals surface area contributed by atoms with E-state index in [1.54, 1.807) is 24.3 Å². The van der Waals surface area contributed by atoms with E-state index in [1.165, 1.54) is 4.88 Å². The number of nitrogens with zero attached hydrogens (tertiary/aromatic N) is 3. The molecule has 2 heterocycles. The van der Waals surface area contributed by atoms with E-state index in [0.717, 1.165) is 12.1 Å². The summed E-state index contributed by atoms with van der Waals surface area (Å²) in [6.07, 6.45) is 0.824. The number of nitrogen functional groups attached to an aromatic ring is 1. The molecular formula is C11H15N5OS. The Morgan fingerprint density at radius 2 is 2.22 bits per heavy atom. The largest absolute Gasteiger partial charge is 0.477 e. The monoisotopic (exact) mass is 265 g/mol. The van der Waals surface area contributed by atoms with Gasteiger partial charge in [0.2, 0.25) is 5.88 Å². The Balaban J connectivity index is 1.94. The quantitative estimate of drug-likeness (QED) is 0.628. The van der Waals surface area contributed by atoms with Crippen molar-refractivity contribution in [3.8, 4) is 5.88 Å². The summed E-state index contributed by atoms with van der Waals surface area (Å²) in [6, 6.07) is 1.67. The SMILES string of the molecule is Cc1nc(NN)cc(OCCc2scnc2C)n1. The van der Waals surface area contributed by atoms with Crippen LogP contribution in [0.3, 0.4) is 0 Å². The van der Waals surface area contributed by atoms with Crippen molar-refractivity contribution in [3.63, 3.8) is 0 Å². The maximum absolute atomic E-state index is 5.59. The third-order valence-electron chi connectivity index (χ3n) is 2.39. The van der Waals surface area contributed by atoms with Gasteiger partial charge in [-0.3, -0.25) is 0 Å². The minimum Gasteiger partial charge on any atom is -0.477 e. The molecule has 0 saturated carbocycles. The fraction of sp³-hybridized carbons (Fsp3) is 0.364. The molecule has 96 valence electrons. The lowest BCUT2D eigenvalue weighted by Gasteiger charge is -2.07. The number of thiazole rings is 1. The fourth-order valence-corrected chi connectivity index (χ4v) is 2.27. The molecule has 2 aromatic rings. The molecule has 2 aromatic heterocycles. The van der Waals surface area contributed by atoms with Gasteiger partial charge < -0.3 is 10.2 Å². The molecule has 0 atom stereocenters. The van der Waals surface area contributed by atoms with Crippen molar-refractivity contribution in [2.24, 2.45) is 5.84 Å². The number of nitrogens with two attached hydrogens (primary N) is 1. The number of hydrogen-bond donors (Lipinski definition) is 2. The Morgan fingerprint density at radius 1 is 1.39 bits per heavy atom. The Hall–Kier alpha value is -1.73. The Bertz CT molecular complexity index is 528. The number of aromatic nitrogens is 3. The van der Waals surface area contributed by atoms with E-state index in [4.69, 9.17) is 10.6 Å². The van der Waals surface area contributed by atoms with Crippen LogP contribution < -0.4 is 16.0 Å². The normalized spacial score (nSPS) is 10.4. The lowest BCUT2D eigenvalue weighted by atomic mass is 10.3. The van der Waals surface area contributed by atoms with E-state index in [1.807, 2.05) is 12.4 Å². The topological polar surface area (TPSA) is 86.0 Å². The minimum atomic E-state index is 0.526. The number of aryl methyl sites for hydroxylation is 2. The van der Waals surface area contributed by atoms with E-state index >= 15 is 0 Å². The maximum atomic E-state index is 5.59. The van der Waals surface area contributed by atoms with Crippen molar-refractivity contribution in [2.75, 3.05) is 12.0 Å². The van der Waals surface area contributed by atoms with Gasteiger partial charge in [0.25, 0.3) is 0 Å². The van der Waals surface area contributed by atoms with Crippen molar-refractivity contribution in [2.45, 2.75) is 20.3 Å². The molecule has 0 aromatic carbocycles. The summed E-state index contributed by atoms with van der Waals surface area (Å²) in [5.41, 5.74) is 5.39. The van der Waals surface area contributed by atoms with Gasteiger partial charge in [0.1, 0.15) is 11.6 Å². The summed E-state index contributed by atoms with van der Waals surface area (Å²) >= 11 is 1.64. The van der Waals surface area contributed by atoms with Crippen molar-refractivity contribution >= 4 is 17.2 Å². The second kappa shape index (κ2) is 5.74. The van der Waals surface area contributed by atoms with Crippen LogP contribution in [0.1, 0.15) is 16.4 Å². The first-order chi connectivity index (χ1) is 8.69. The van der Waals surface area contributed by atoms with Crippen LogP contribution >= 0.6 is 11.3 Å². The van der Waals surface area contributed by atoms with E-state index in [9.17, 15) is 0 Å². The van der Waals surface area contributed by atoms with E-state index in [0.29, 0.717) is 24.1 Å². The molecule has 0 amide bonds. The van der Waals surface area contributed by atoms with Gasteiger partial charge >= 0.3 is 0 Å². The van der Waals surface area contributed by atoms with Crippen molar-refractivity contribution in [3.05, 3.63) is 28.0 Å². The first kappa shape index (κ1) is 12.7. The summed E-state index contributed by atoms with van der Waals surface area (Å²) in [5.74, 6) is 7.00. The third-order valence-corrected chi connectivity index (χ3v) is 3.38. The second-order valence-electron chi connectivity index (χ2n) is 3.74. The molecule has 0 aliphatic rings. The van der Waals surface area contributed by atoms with Gasteiger partial charge in [-0.15, -0.1) is 11.3 Å². The van der Waals surface area contributed by atoms with E-state index in [-0.39, 0.29) is 0 Å². The van der Waals surface area contributed by atoms with Crippen LogP contribution in [0.25, 0.3) is 0 Å². The average Bonchev–Trinajstić information content (AvgIpc) is 2.74. The van der Waals surface area contributed by atoms with Crippen LogP contribution in [0.15, 0.2) is 11.6 Å². The van der Waals surface area contributed by atoms with Gasteiger partial charge in [-0.05, 0) is 13.8 Å². The van der Waals surface area contributed by atoms with Gasteiger partial charge in [-0.2, -0.15) is 4.98 Å². The highest BCUT2D eigenvalue weighted by atomic mass is 32.1. The van der Waals surface area contributed by atoms with Gasteiger partial charge in [0.15, 0.2) is 0 Å². The van der Waals surface area contributed by atoms with Crippen LogP contribution in [0.5, 0.6) is 5.88 Å². The molecule has 0 aliphatic heterocycles. The highest BCUT2D eigenvalue weighted by molar-refractivity contribution is 7.09. The molecule has 0 bridgehead atoms. The Labute approximate surface area is 109 Å². The van der Waals surface area contributed by atoms with Crippen LogP contribution in [-0.4, -0.2) is 21.6 Å². The Morgan fingerprint density at radius 3 is 2.89 bits per heavy atom. The molecule has 7 heteroatoms. The molecule has 3 N–H and O–H groups in total. The average molecular weight is 265 g/mol. The highest BCUT2D eigenvalue weighted by Gasteiger charge is 2.04. The van der Waals surface area contributed by atoms with Gasteiger partial charge in [0, 0.05) is 17.4 Å². The summed E-state index contributed by atoms with van der Waals surface area (Å²) in [5, 5.41) is 0. The molecule has 18 heavy (non-hydrogen) atoms. The minimum absolute atomic E-state index is 0.526. The number of nitrogens with one attached hydrogen (secondary N) is 1. The fourth-order valence-electron chi connectivity index (χ4n) is 1.50. The predicted octanol–water partition coefficient (Wildman–Crippen LogP) is 1.46. The Kier molecular flexibility index (Phi) is 4.06. The summed E-state index contributed by atoms with van der Waals surface area (Å²) in [6.45, 7) is 4.35. The van der Waals surface area contributed by atoms with E-state index < -0.39 is 0 Å². The molecule has 0 fully saturated rings.